The molecule has 2 unspecified atom stereocenters. The minimum atomic E-state index is -0.902. The molecule has 3 aromatic rings. The zero-order chi connectivity index (χ0) is 28.5. The number of nitrogens with one attached hydrogen (secondary N) is 2. The van der Waals surface area contributed by atoms with E-state index in [0.717, 1.165) is 31.5 Å². The van der Waals surface area contributed by atoms with Crippen LogP contribution in [0.3, 0.4) is 0 Å². The summed E-state index contributed by atoms with van der Waals surface area (Å²) in [4.78, 5) is 27.2. The van der Waals surface area contributed by atoms with Crippen LogP contribution < -0.4 is 16.4 Å². The van der Waals surface area contributed by atoms with Gasteiger partial charge < -0.3 is 29.4 Å². The number of ether oxygens (including phenoxy) is 2. The van der Waals surface area contributed by atoms with E-state index in [9.17, 15) is 14.9 Å². The summed E-state index contributed by atoms with van der Waals surface area (Å²) in [6.45, 7) is 4.06. The van der Waals surface area contributed by atoms with Crippen molar-refractivity contribution in [3.63, 3.8) is 0 Å². The number of methoxy groups -OCH3 is 1. The Labute approximate surface area is 232 Å². The molecule has 1 aliphatic rings. The van der Waals surface area contributed by atoms with Gasteiger partial charge in [0, 0.05) is 46.3 Å². The number of halogens is 1. The highest BCUT2D eigenvalue weighted by atomic mass is 19.1. The monoisotopic (exact) mass is 553 g/mol. The number of carbonyl (C=O) groups excluding carboxylic acids is 1. The standard InChI is InChI=1S/C29H36FN5O5/c1-34(12-14-38-2)10-11-35-25-17-21(7-8-26(25)40-29(35)37)20-5-6-22(24(30)16-20)15-23(18-31)33-28(36)27-19-32-9-3-4-13-39-27/h5-8,16-17,23,27,32H,3-4,9-15,19H2,1-2H3,(H,33,36). The fourth-order valence-electron chi connectivity index (χ4n) is 4.63. The smallest absolute Gasteiger partial charge is 0.408 e. The molecule has 10 nitrogen and oxygen atoms in total. The second-order valence-electron chi connectivity index (χ2n) is 9.97. The first-order chi connectivity index (χ1) is 19.4. The third-order valence-electron chi connectivity index (χ3n) is 7.02. The van der Waals surface area contributed by atoms with Gasteiger partial charge in [0.2, 0.25) is 0 Å². The van der Waals surface area contributed by atoms with Gasteiger partial charge in [-0.25, -0.2) is 9.18 Å². The number of benzene rings is 2. The maximum atomic E-state index is 15.2. The summed E-state index contributed by atoms with van der Waals surface area (Å²) in [5.41, 5.74) is 2.74. The molecule has 214 valence electrons. The zero-order valence-corrected chi connectivity index (χ0v) is 23.0. The number of oxazole rings is 1. The Balaban J connectivity index is 1.45. The highest BCUT2D eigenvalue weighted by Gasteiger charge is 2.24. The van der Waals surface area contributed by atoms with Crippen molar-refractivity contribution in [1.29, 1.82) is 5.26 Å². The normalized spacial score (nSPS) is 16.8. The predicted octanol–water partition coefficient (Wildman–Crippen LogP) is 2.30. The fourth-order valence-corrected chi connectivity index (χ4v) is 4.63. The van der Waals surface area contributed by atoms with Crippen LogP contribution in [0.5, 0.6) is 0 Å². The second kappa shape index (κ2) is 14.2. The van der Waals surface area contributed by atoms with E-state index < -0.39 is 23.7 Å². The lowest BCUT2D eigenvalue weighted by atomic mass is 10.00. The first-order valence-electron chi connectivity index (χ1n) is 13.5. The number of carbonyl (C=O) groups is 1. The SMILES string of the molecule is COCCN(C)CCn1c(=O)oc2ccc(-c3ccc(CC(C#N)NC(=O)C4CNCCCCO4)c(F)c3)cc21. The van der Waals surface area contributed by atoms with Crippen LogP contribution in [-0.2, 0) is 27.2 Å². The van der Waals surface area contributed by atoms with Gasteiger partial charge >= 0.3 is 5.76 Å². The van der Waals surface area contributed by atoms with Crippen LogP contribution in [0.2, 0.25) is 0 Å². The molecule has 11 heteroatoms. The molecule has 2 atom stereocenters. The highest BCUT2D eigenvalue weighted by Crippen LogP contribution is 2.26. The van der Waals surface area contributed by atoms with Crippen LogP contribution in [0, 0.1) is 17.1 Å². The molecule has 1 aliphatic heterocycles. The van der Waals surface area contributed by atoms with Crippen LogP contribution in [0.15, 0.2) is 45.6 Å². The minimum absolute atomic E-state index is 0.0192. The van der Waals surface area contributed by atoms with Crippen LogP contribution in [-0.4, -0.2) is 81.1 Å². The summed E-state index contributed by atoms with van der Waals surface area (Å²) in [7, 11) is 3.60. The first kappa shape index (κ1) is 29.4. The molecule has 1 saturated heterocycles. The Morgan fingerprint density at radius 3 is 2.85 bits per heavy atom. The van der Waals surface area contributed by atoms with Crippen LogP contribution >= 0.6 is 0 Å². The minimum Gasteiger partial charge on any atom is -0.408 e. The summed E-state index contributed by atoms with van der Waals surface area (Å²) >= 11 is 0. The number of hydrogen-bond acceptors (Lipinski definition) is 8. The maximum Gasteiger partial charge on any atom is 0.419 e. The molecule has 2 aromatic carbocycles. The van der Waals surface area contributed by atoms with Crippen LogP contribution in [0.1, 0.15) is 18.4 Å². The van der Waals surface area contributed by atoms with E-state index in [4.69, 9.17) is 13.9 Å². The van der Waals surface area contributed by atoms with Gasteiger partial charge in [-0.05, 0) is 61.3 Å². The van der Waals surface area contributed by atoms with Gasteiger partial charge in [-0.2, -0.15) is 5.26 Å². The van der Waals surface area contributed by atoms with E-state index in [-0.39, 0.29) is 12.3 Å². The number of nitriles is 1. The Hall–Kier alpha value is -3.56. The first-order valence-corrected chi connectivity index (χ1v) is 13.5. The summed E-state index contributed by atoms with van der Waals surface area (Å²) in [5, 5.41) is 15.5. The van der Waals surface area contributed by atoms with Crippen LogP contribution in [0.25, 0.3) is 22.2 Å². The van der Waals surface area contributed by atoms with Crippen molar-refractivity contribution in [1.82, 2.24) is 20.1 Å². The number of fused-ring (bicyclic) bond motifs is 1. The molecular formula is C29H36FN5O5. The highest BCUT2D eigenvalue weighted by molar-refractivity contribution is 5.82. The Morgan fingerprint density at radius 1 is 1.27 bits per heavy atom. The van der Waals surface area contributed by atoms with E-state index in [0.29, 0.717) is 55.1 Å². The Bertz CT molecular complexity index is 1390. The van der Waals surface area contributed by atoms with Crippen LogP contribution in [0.4, 0.5) is 4.39 Å². The van der Waals surface area contributed by atoms with E-state index in [1.807, 2.05) is 13.1 Å². The van der Waals surface area contributed by atoms with Gasteiger partial charge in [-0.15, -0.1) is 0 Å². The van der Waals surface area contributed by atoms with E-state index >= 15 is 4.39 Å². The predicted molar refractivity (Wildman–Crippen MR) is 148 cm³/mol. The molecule has 0 radical (unpaired) electrons. The van der Waals surface area contributed by atoms with E-state index in [2.05, 4.69) is 21.6 Å². The summed E-state index contributed by atoms with van der Waals surface area (Å²) < 4.78 is 32.9. The summed E-state index contributed by atoms with van der Waals surface area (Å²) in [6, 6.07) is 11.2. The van der Waals surface area contributed by atoms with E-state index in [1.54, 1.807) is 35.9 Å². The van der Waals surface area contributed by atoms with Crippen molar-refractivity contribution < 1.29 is 23.1 Å². The van der Waals surface area contributed by atoms with Gasteiger partial charge in [0.15, 0.2) is 5.58 Å². The second-order valence-corrected chi connectivity index (χ2v) is 9.97. The van der Waals surface area contributed by atoms with Crippen molar-refractivity contribution in [2.24, 2.45) is 0 Å². The van der Waals surface area contributed by atoms with Gasteiger partial charge in [0.25, 0.3) is 5.91 Å². The van der Waals surface area contributed by atoms with Crippen molar-refractivity contribution in [3.05, 3.63) is 58.3 Å². The molecule has 0 bridgehead atoms. The average Bonchev–Trinajstić information content (AvgIpc) is 3.24. The molecule has 0 aliphatic carbocycles. The molecule has 2 heterocycles. The third-order valence-corrected chi connectivity index (χ3v) is 7.02. The van der Waals surface area contributed by atoms with Gasteiger partial charge in [0.05, 0.1) is 18.2 Å². The number of likely N-dealkylation sites (N-methyl/N-ethyl adjacent to an activating group) is 1. The largest absolute Gasteiger partial charge is 0.419 e. The third kappa shape index (κ3) is 7.55. The molecular weight excluding hydrogens is 517 g/mol. The lowest BCUT2D eigenvalue weighted by Crippen LogP contribution is -2.47. The molecule has 1 aromatic heterocycles. The number of amides is 1. The van der Waals surface area contributed by atoms with Gasteiger partial charge in [0.1, 0.15) is 18.0 Å². The summed E-state index contributed by atoms with van der Waals surface area (Å²) in [5.74, 6) is -1.32. The molecule has 2 N–H and O–H groups in total. The lowest BCUT2D eigenvalue weighted by molar-refractivity contribution is -0.133. The number of rotatable bonds is 11. The van der Waals surface area contributed by atoms with Crippen molar-refractivity contribution >= 4 is 17.0 Å². The van der Waals surface area contributed by atoms with Gasteiger partial charge in [-0.1, -0.05) is 18.2 Å². The molecule has 40 heavy (non-hydrogen) atoms. The van der Waals surface area contributed by atoms with Gasteiger partial charge in [-0.3, -0.25) is 9.36 Å². The Kier molecular flexibility index (Phi) is 10.4. The van der Waals surface area contributed by atoms with Crippen molar-refractivity contribution in [3.8, 4) is 17.2 Å². The van der Waals surface area contributed by atoms with Crippen molar-refractivity contribution in [2.75, 3.05) is 53.6 Å². The average molecular weight is 554 g/mol. The van der Waals surface area contributed by atoms with Crippen molar-refractivity contribution in [2.45, 2.75) is 38.0 Å². The molecule has 1 amide bonds. The number of hydrogen-bond donors (Lipinski definition) is 2. The Morgan fingerprint density at radius 2 is 2.08 bits per heavy atom. The molecule has 0 spiro atoms. The lowest BCUT2D eigenvalue weighted by Gasteiger charge is -2.22. The molecule has 1 fully saturated rings. The maximum absolute atomic E-state index is 15.2. The van der Waals surface area contributed by atoms with E-state index in [1.165, 1.54) is 6.07 Å². The molecule has 4 rings (SSSR count). The zero-order valence-electron chi connectivity index (χ0n) is 23.0. The quantitative estimate of drug-likeness (QED) is 0.371. The fraction of sp³-hybridized carbons (Fsp3) is 0.483. The topological polar surface area (TPSA) is 122 Å². The number of nitrogens with zero attached hydrogens (tertiary/aromatic N) is 3. The summed E-state index contributed by atoms with van der Waals surface area (Å²) in [6.07, 6.45) is 1.16. The number of aromatic nitrogens is 1. The molecule has 0 saturated carbocycles.